The molecule has 1 saturated carbocycles. The van der Waals surface area contributed by atoms with E-state index in [1.54, 1.807) is 0 Å². The Kier molecular flexibility index (Phi) is 5.60. The van der Waals surface area contributed by atoms with Crippen molar-refractivity contribution < 1.29 is 14.3 Å². The summed E-state index contributed by atoms with van der Waals surface area (Å²) in [5, 5.41) is 5.77. The van der Waals surface area contributed by atoms with E-state index in [9.17, 15) is 9.59 Å². The zero-order valence-corrected chi connectivity index (χ0v) is 12.3. The minimum atomic E-state index is -0.430. The summed E-state index contributed by atoms with van der Waals surface area (Å²) in [4.78, 5) is 23.1. The van der Waals surface area contributed by atoms with E-state index >= 15 is 0 Å². The van der Waals surface area contributed by atoms with Gasteiger partial charge in [0.1, 0.15) is 6.61 Å². The van der Waals surface area contributed by atoms with Gasteiger partial charge in [-0.3, -0.25) is 4.79 Å². The fourth-order valence-corrected chi connectivity index (χ4v) is 2.65. The summed E-state index contributed by atoms with van der Waals surface area (Å²) < 4.78 is 5.22. The smallest absolute Gasteiger partial charge is 0.407 e. The van der Waals surface area contributed by atoms with Crippen molar-refractivity contribution in [2.45, 2.75) is 51.3 Å². The van der Waals surface area contributed by atoms with Crippen LogP contribution in [0.2, 0.25) is 0 Å². The van der Waals surface area contributed by atoms with Gasteiger partial charge in [0.25, 0.3) is 0 Å². The predicted octanol–water partition coefficient (Wildman–Crippen LogP) is 2.36. The standard InChI is InChI=1S/C16H22N2O3/c1-12(19)17-14-9-5-6-10-15(14)18-16(20)21-11-13-7-3-2-4-8-13/h2-4,7-8,14-15H,5-6,9-11H2,1H3,(H,17,19)(H,18,20)/t14-,15+/m1/s1. The Balaban J connectivity index is 1.81. The molecule has 0 saturated heterocycles. The lowest BCUT2D eigenvalue weighted by Crippen LogP contribution is -2.52. The van der Waals surface area contributed by atoms with Gasteiger partial charge in [0.05, 0.1) is 6.04 Å². The molecular weight excluding hydrogens is 268 g/mol. The maximum atomic E-state index is 11.9. The van der Waals surface area contributed by atoms with Crippen molar-refractivity contribution in [3.8, 4) is 0 Å². The largest absolute Gasteiger partial charge is 0.445 e. The molecule has 2 N–H and O–H groups in total. The van der Waals surface area contributed by atoms with Gasteiger partial charge in [0.2, 0.25) is 5.91 Å². The second kappa shape index (κ2) is 7.67. The molecule has 2 amide bonds. The fourth-order valence-electron chi connectivity index (χ4n) is 2.65. The monoisotopic (exact) mass is 290 g/mol. The van der Waals surface area contributed by atoms with Gasteiger partial charge in [-0.25, -0.2) is 4.79 Å². The predicted molar refractivity (Wildman–Crippen MR) is 79.6 cm³/mol. The Bertz CT molecular complexity index is 476. The van der Waals surface area contributed by atoms with Crippen LogP contribution in [0.4, 0.5) is 4.79 Å². The Labute approximate surface area is 125 Å². The molecule has 1 fully saturated rings. The molecule has 1 aromatic carbocycles. The number of carbonyl (C=O) groups is 2. The first-order valence-corrected chi connectivity index (χ1v) is 7.39. The summed E-state index contributed by atoms with van der Waals surface area (Å²) in [5.41, 5.74) is 0.953. The van der Waals surface area contributed by atoms with E-state index < -0.39 is 6.09 Å². The van der Waals surface area contributed by atoms with Gasteiger partial charge < -0.3 is 15.4 Å². The lowest BCUT2D eigenvalue weighted by molar-refractivity contribution is -0.120. The van der Waals surface area contributed by atoms with Gasteiger partial charge in [0, 0.05) is 13.0 Å². The van der Waals surface area contributed by atoms with Crippen molar-refractivity contribution in [3.63, 3.8) is 0 Å². The van der Waals surface area contributed by atoms with Gasteiger partial charge in [0.15, 0.2) is 0 Å². The van der Waals surface area contributed by atoms with Gasteiger partial charge >= 0.3 is 6.09 Å². The number of alkyl carbamates (subject to hydrolysis) is 1. The number of benzene rings is 1. The highest BCUT2D eigenvalue weighted by atomic mass is 16.5. The topological polar surface area (TPSA) is 67.4 Å². The molecule has 1 aliphatic rings. The molecule has 0 radical (unpaired) electrons. The summed E-state index contributed by atoms with van der Waals surface area (Å²) >= 11 is 0. The highest BCUT2D eigenvalue weighted by Crippen LogP contribution is 2.18. The van der Waals surface area contributed by atoms with Crippen LogP contribution in [0.15, 0.2) is 30.3 Å². The van der Waals surface area contributed by atoms with Gasteiger partial charge in [-0.05, 0) is 18.4 Å². The maximum Gasteiger partial charge on any atom is 0.407 e. The van der Waals surface area contributed by atoms with Crippen LogP contribution in [-0.4, -0.2) is 24.1 Å². The molecule has 1 aromatic rings. The van der Waals surface area contributed by atoms with Crippen LogP contribution < -0.4 is 10.6 Å². The molecule has 0 aromatic heterocycles. The summed E-state index contributed by atoms with van der Waals surface area (Å²) in [5.74, 6) is -0.0636. The van der Waals surface area contributed by atoms with E-state index in [0.717, 1.165) is 31.2 Å². The number of nitrogens with one attached hydrogen (secondary N) is 2. The molecule has 21 heavy (non-hydrogen) atoms. The first-order valence-electron chi connectivity index (χ1n) is 7.39. The van der Waals surface area contributed by atoms with Crippen molar-refractivity contribution in [1.82, 2.24) is 10.6 Å². The first-order chi connectivity index (χ1) is 10.1. The molecule has 1 aliphatic carbocycles. The molecular formula is C16H22N2O3. The summed E-state index contributed by atoms with van der Waals surface area (Å²) in [6, 6.07) is 9.51. The molecule has 2 rings (SSSR count). The molecule has 0 spiro atoms. The normalized spacial score (nSPS) is 21.4. The van der Waals surface area contributed by atoms with Crippen LogP contribution in [0.1, 0.15) is 38.2 Å². The van der Waals surface area contributed by atoms with Crippen LogP contribution >= 0.6 is 0 Å². The molecule has 2 atom stereocenters. The Morgan fingerprint density at radius 1 is 1.10 bits per heavy atom. The zero-order chi connectivity index (χ0) is 15.1. The first kappa shape index (κ1) is 15.4. The minimum absolute atomic E-state index is 0.000486. The van der Waals surface area contributed by atoms with Gasteiger partial charge in [-0.2, -0.15) is 0 Å². The molecule has 5 nitrogen and oxygen atoms in total. The van der Waals surface area contributed by atoms with Crippen LogP contribution in [-0.2, 0) is 16.1 Å². The SMILES string of the molecule is CC(=O)N[C@@H]1CCCC[C@@H]1NC(=O)OCc1ccccc1. The van der Waals surface area contributed by atoms with Gasteiger partial charge in [-0.1, -0.05) is 43.2 Å². The third-order valence-corrected chi connectivity index (χ3v) is 3.67. The Morgan fingerprint density at radius 3 is 2.33 bits per heavy atom. The van der Waals surface area contributed by atoms with Crippen molar-refractivity contribution in [2.24, 2.45) is 0 Å². The summed E-state index contributed by atoms with van der Waals surface area (Å²) in [7, 11) is 0. The summed E-state index contributed by atoms with van der Waals surface area (Å²) in [6.45, 7) is 1.75. The van der Waals surface area contributed by atoms with E-state index in [2.05, 4.69) is 10.6 Å². The van der Waals surface area contributed by atoms with E-state index in [1.807, 2.05) is 30.3 Å². The van der Waals surface area contributed by atoms with Gasteiger partial charge in [-0.15, -0.1) is 0 Å². The number of carbonyl (C=O) groups excluding carboxylic acids is 2. The van der Waals surface area contributed by atoms with Crippen molar-refractivity contribution in [2.75, 3.05) is 0 Å². The van der Waals surface area contributed by atoms with Crippen molar-refractivity contribution in [3.05, 3.63) is 35.9 Å². The third kappa shape index (κ3) is 5.10. The molecule has 0 unspecified atom stereocenters. The van der Waals surface area contributed by atoms with E-state index in [4.69, 9.17) is 4.74 Å². The third-order valence-electron chi connectivity index (χ3n) is 3.67. The molecule has 0 heterocycles. The second-order valence-corrected chi connectivity index (χ2v) is 5.40. The summed E-state index contributed by atoms with van der Waals surface area (Å²) in [6.07, 6.45) is 3.46. The average molecular weight is 290 g/mol. The van der Waals surface area contributed by atoms with Crippen LogP contribution in [0, 0.1) is 0 Å². The molecule has 0 aliphatic heterocycles. The van der Waals surface area contributed by atoms with Crippen LogP contribution in [0.25, 0.3) is 0 Å². The van der Waals surface area contributed by atoms with E-state index in [0.29, 0.717) is 0 Å². The van der Waals surface area contributed by atoms with Crippen molar-refractivity contribution >= 4 is 12.0 Å². The highest BCUT2D eigenvalue weighted by molar-refractivity contribution is 5.73. The van der Waals surface area contributed by atoms with E-state index in [-0.39, 0.29) is 24.6 Å². The molecule has 5 heteroatoms. The Hall–Kier alpha value is -2.04. The number of hydrogen-bond donors (Lipinski definition) is 2. The number of hydrogen-bond acceptors (Lipinski definition) is 3. The molecule has 0 bridgehead atoms. The fraction of sp³-hybridized carbons (Fsp3) is 0.500. The second-order valence-electron chi connectivity index (χ2n) is 5.40. The van der Waals surface area contributed by atoms with E-state index in [1.165, 1.54) is 6.92 Å². The lowest BCUT2D eigenvalue weighted by Gasteiger charge is -2.32. The lowest BCUT2D eigenvalue weighted by atomic mass is 9.90. The number of rotatable bonds is 4. The quantitative estimate of drug-likeness (QED) is 0.894. The molecule has 114 valence electrons. The zero-order valence-electron chi connectivity index (χ0n) is 12.3. The minimum Gasteiger partial charge on any atom is -0.445 e. The van der Waals surface area contributed by atoms with Crippen LogP contribution in [0.5, 0.6) is 0 Å². The highest BCUT2D eigenvalue weighted by Gasteiger charge is 2.27. The maximum absolute atomic E-state index is 11.9. The average Bonchev–Trinajstić information content (AvgIpc) is 2.48. The van der Waals surface area contributed by atoms with Crippen molar-refractivity contribution in [1.29, 1.82) is 0 Å². The van der Waals surface area contributed by atoms with Crippen LogP contribution in [0.3, 0.4) is 0 Å². The Morgan fingerprint density at radius 2 is 1.71 bits per heavy atom. The number of amides is 2. The number of ether oxygens (including phenoxy) is 1.